The maximum Gasteiger partial charge on any atom is 0.335 e. The molecule has 0 radical (unpaired) electrons. The number of amides is 1. The normalized spacial score (nSPS) is 17.9. The van der Waals surface area contributed by atoms with Gasteiger partial charge in [-0.05, 0) is 37.5 Å². The molecular weight excluding hydrogens is 270 g/mol. The lowest BCUT2D eigenvalue weighted by Crippen LogP contribution is -2.49. The van der Waals surface area contributed by atoms with Crippen LogP contribution < -0.4 is 10.2 Å². The molecule has 1 aliphatic heterocycles. The number of anilines is 1. The Morgan fingerprint density at radius 1 is 1.43 bits per heavy atom. The van der Waals surface area contributed by atoms with Gasteiger partial charge in [0.1, 0.15) is 12.1 Å². The number of nitrogens with one attached hydrogen (secondary N) is 1. The molecule has 1 aromatic rings. The SMILES string of the molecule is CNC(=O)C1CCCCN1c1ccc(C(=O)O)cc1C#N. The number of carboxylic acids is 1. The number of nitrogens with zero attached hydrogens (tertiary/aromatic N) is 2. The molecule has 1 aliphatic rings. The monoisotopic (exact) mass is 287 g/mol. The van der Waals surface area contributed by atoms with Crippen molar-refractivity contribution in [1.29, 1.82) is 5.26 Å². The molecule has 1 aromatic carbocycles. The van der Waals surface area contributed by atoms with Crippen LogP contribution in [0.4, 0.5) is 5.69 Å². The van der Waals surface area contributed by atoms with Crippen LogP contribution in [0.1, 0.15) is 35.2 Å². The molecule has 1 saturated heterocycles. The second kappa shape index (κ2) is 6.27. The summed E-state index contributed by atoms with van der Waals surface area (Å²) in [7, 11) is 1.59. The third kappa shape index (κ3) is 2.97. The number of benzene rings is 1. The predicted molar refractivity (Wildman–Crippen MR) is 77.2 cm³/mol. The van der Waals surface area contributed by atoms with Gasteiger partial charge in [0.15, 0.2) is 0 Å². The van der Waals surface area contributed by atoms with Gasteiger partial charge in [0.05, 0.1) is 16.8 Å². The smallest absolute Gasteiger partial charge is 0.335 e. The summed E-state index contributed by atoms with van der Waals surface area (Å²) in [5.74, 6) is -1.15. The van der Waals surface area contributed by atoms with E-state index in [0.717, 1.165) is 19.3 Å². The molecule has 1 atom stereocenters. The summed E-state index contributed by atoms with van der Waals surface area (Å²) in [5.41, 5.74) is 0.977. The van der Waals surface area contributed by atoms with Crippen LogP contribution >= 0.6 is 0 Å². The molecule has 0 bridgehead atoms. The molecule has 6 heteroatoms. The molecule has 0 saturated carbocycles. The zero-order valence-electron chi connectivity index (χ0n) is 11.8. The van der Waals surface area contributed by atoms with E-state index in [1.54, 1.807) is 13.1 Å². The number of carbonyl (C=O) groups excluding carboxylic acids is 1. The number of hydrogen-bond donors (Lipinski definition) is 2. The molecule has 21 heavy (non-hydrogen) atoms. The zero-order valence-corrected chi connectivity index (χ0v) is 11.8. The summed E-state index contributed by atoms with van der Waals surface area (Å²) >= 11 is 0. The van der Waals surface area contributed by atoms with Crippen LogP contribution in [0.2, 0.25) is 0 Å². The van der Waals surface area contributed by atoms with Gasteiger partial charge in [0, 0.05) is 13.6 Å². The van der Waals surface area contributed by atoms with Crippen LogP contribution in [0.15, 0.2) is 18.2 Å². The van der Waals surface area contributed by atoms with Crippen molar-refractivity contribution in [1.82, 2.24) is 5.32 Å². The van der Waals surface area contributed by atoms with E-state index in [2.05, 4.69) is 5.32 Å². The van der Waals surface area contributed by atoms with Gasteiger partial charge in [-0.25, -0.2) is 4.79 Å². The van der Waals surface area contributed by atoms with Gasteiger partial charge in [0.2, 0.25) is 5.91 Å². The van der Waals surface area contributed by atoms with Crippen molar-refractivity contribution >= 4 is 17.6 Å². The first-order valence-corrected chi connectivity index (χ1v) is 6.84. The number of carboxylic acid groups (broad SMARTS) is 1. The van der Waals surface area contributed by atoms with Crippen LogP contribution in [0.5, 0.6) is 0 Å². The number of hydrogen-bond acceptors (Lipinski definition) is 4. The molecule has 0 aromatic heterocycles. The maximum atomic E-state index is 12.0. The zero-order chi connectivity index (χ0) is 15.4. The summed E-state index contributed by atoms with van der Waals surface area (Å²) in [6, 6.07) is 6.15. The van der Waals surface area contributed by atoms with Gasteiger partial charge in [-0.3, -0.25) is 4.79 Å². The third-order valence-corrected chi connectivity index (χ3v) is 3.73. The molecule has 0 aliphatic carbocycles. The van der Waals surface area contributed by atoms with E-state index in [-0.39, 0.29) is 23.1 Å². The van der Waals surface area contributed by atoms with E-state index in [4.69, 9.17) is 5.11 Å². The number of rotatable bonds is 3. The quantitative estimate of drug-likeness (QED) is 0.875. The Hall–Kier alpha value is -2.55. The fourth-order valence-corrected chi connectivity index (χ4v) is 2.67. The van der Waals surface area contributed by atoms with Crippen molar-refractivity contribution in [3.8, 4) is 6.07 Å². The second-order valence-corrected chi connectivity index (χ2v) is 4.97. The Balaban J connectivity index is 2.41. The molecule has 1 amide bonds. The van der Waals surface area contributed by atoms with Crippen molar-refractivity contribution in [3.05, 3.63) is 29.3 Å². The minimum atomic E-state index is -1.07. The van der Waals surface area contributed by atoms with Gasteiger partial charge >= 0.3 is 5.97 Å². The van der Waals surface area contributed by atoms with E-state index in [1.807, 2.05) is 11.0 Å². The van der Waals surface area contributed by atoms with Gasteiger partial charge < -0.3 is 15.3 Å². The molecule has 110 valence electrons. The fourth-order valence-electron chi connectivity index (χ4n) is 2.67. The minimum Gasteiger partial charge on any atom is -0.478 e. The van der Waals surface area contributed by atoms with Crippen molar-refractivity contribution in [2.24, 2.45) is 0 Å². The molecule has 6 nitrogen and oxygen atoms in total. The predicted octanol–water partition coefficient (Wildman–Crippen LogP) is 1.36. The van der Waals surface area contributed by atoms with E-state index in [0.29, 0.717) is 12.2 Å². The highest BCUT2D eigenvalue weighted by atomic mass is 16.4. The Kier molecular flexibility index (Phi) is 4.43. The topological polar surface area (TPSA) is 93.4 Å². The van der Waals surface area contributed by atoms with Crippen LogP contribution in [-0.2, 0) is 4.79 Å². The molecule has 1 unspecified atom stereocenters. The average molecular weight is 287 g/mol. The Labute approximate surface area is 123 Å². The number of aromatic carboxylic acids is 1. The van der Waals surface area contributed by atoms with Crippen molar-refractivity contribution in [3.63, 3.8) is 0 Å². The summed E-state index contributed by atoms with van der Waals surface area (Å²) in [4.78, 5) is 24.9. The second-order valence-electron chi connectivity index (χ2n) is 4.97. The van der Waals surface area contributed by atoms with Crippen LogP contribution in [-0.4, -0.2) is 36.6 Å². The summed E-state index contributed by atoms with van der Waals surface area (Å²) < 4.78 is 0. The summed E-state index contributed by atoms with van der Waals surface area (Å²) in [5, 5.41) is 20.9. The van der Waals surface area contributed by atoms with Gasteiger partial charge in [-0.1, -0.05) is 0 Å². The lowest BCUT2D eigenvalue weighted by Gasteiger charge is -2.36. The molecular formula is C15H17N3O3. The van der Waals surface area contributed by atoms with E-state index in [1.165, 1.54) is 12.1 Å². The van der Waals surface area contributed by atoms with Crippen LogP contribution in [0.3, 0.4) is 0 Å². The van der Waals surface area contributed by atoms with Gasteiger partial charge in [-0.15, -0.1) is 0 Å². The van der Waals surface area contributed by atoms with Crippen molar-refractivity contribution < 1.29 is 14.7 Å². The number of nitriles is 1. The highest BCUT2D eigenvalue weighted by molar-refractivity contribution is 5.90. The average Bonchev–Trinajstić information content (AvgIpc) is 2.53. The molecule has 0 spiro atoms. The molecule has 1 heterocycles. The van der Waals surface area contributed by atoms with Crippen molar-refractivity contribution in [2.75, 3.05) is 18.5 Å². The van der Waals surface area contributed by atoms with E-state index in [9.17, 15) is 14.9 Å². The van der Waals surface area contributed by atoms with E-state index >= 15 is 0 Å². The largest absolute Gasteiger partial charge is 0.478 e. The third-order valence-electron chi connectivity index (χ3n) is 3.73. The Bertz CT molecular complexity index is 607. The highest BCUT2D eigenvalue weighted by Crippen LogP contribution is 2.28. The number of carbonyl (C=O) groups is 2. The minimum absolute atomic E-state index is 0.0730. The number of likely N-dealkylation sites (N-methyl/N-ethyl adjacent to an activating group) is 1. The first kappa shape index (κ1) is 14.9. The molecule has 1 fully saturated rings. The van der Waals surface area contributed by atoms with Crippen LogP contribution in [0.25, 0.3) is 0 Å². The first-order valence-electron chi connectivity index (χ1n) is 6.84. The lowest BCUT2D eigenvalue weighted by atomic mass is 9.98. The van der Waals surface area contributed by atoms with Crippen molar-refractivity contribution in [2.45, 2.75) is 25.3 Å². The van der Waals surface area contributed by atoms with Gasteiger partial charge in [-0.2, -0.15) is 5.26 Å². The Morgan fingerprint density at radius 3 is 2.81 bits per heavy atom. The first-order chi connectivity index (χ1) is 10.1. The van der Waals surface area contributed by atoms with Gasteiger partial charge in [0.25, 0.3) is 0 Å². The summed E-state index contributed by atoms with van der Waals surface area (Å²) in [6.45, 7) is 0.680. The number of piperidine rings is 1. The fraction of sp³-hybridized carbons (Fsp3) is 0.400. The maximum absolute atomic E-state index is 12.0. The summed E-state index contributed by atoms with van der Waals surface area (Å²) in [6.07, 6.45) is 2.63. The standard InChI is InChI=1S/C15H17N3O3/c1-17-14(19)13-4-2-3-7-18(13)12-6-5-10(15(20)21)8-11(12)9-16/h5-6,8,13H,2-4,7H2,1H3,(H,17,19)(H,20,21). The Morgan fingerprint density at radius 2 is 2.19 bits per heavy atom. The van der Waals surface area contributed by atoms with Crippen LogP contribution in [0, 0.1) is 11.3 Å². The lowest BCUT2D eigenvalue weighted by molar-refractivity contribution is -0.122. The van der Waals surface area contributed by atoms with E-state index < -0.39 is 5.97 Å². The molecule has 2 rings (SSSR count). The highest BCUT2D eigenvalue weighted by Gasteiger charge is 2.29. The molecule has 2 N–H and O–H groups in total.